The van der Waals surface area contributed by atoms with Crippen molar-refractivity contribution in [1.82, 2.24) is 21.5 Å². The Kier molecular flexibility index (Phi) is 10.1. The predicted molar refractivity (Wildman–Crippen MR) is 92.8 cm³/mol. The highest BCUT2D eigenvalue weighted by molar-refractivity contribution is 5.74. The van der Waals surface area contributed by atoms with Gasteiger partial charge in [-0.25, -0.2) is 10.4 Å². The van der Waals surface area contributed by atoms with Crippen molar-refractivity contribution in [2.24, 2.45) is 0 Å². The molecule has 150 valence electrons. The van der Waals surface area contributed by atoms with Gasteiger partial charge in [-0.3, -0.25) is 14.4 Å². The van der Waals surface area contributed by atoms with E-state index in [2.05, 4.69) is 16.5 Å². The fourth-order valence-corrected chi connectivity index (χ4v) is 3.31. The lowest BCUT2D eigenvalue weighted by molar-refractivity contribution is -0.154. The summed E-state index contributed by atoms with van der Waals surface area (Å²) in [5.74, 6) is -3.52. The molecule has 0 amide bonds. The fraction of sp³-hybridized carbons (Fsp3) is 0.812. The van der Waals surface area contributed by atoms with Crippen LogP contribution in [-0.2, 0) is 14.4 Å². The second-order valence-electron chi connectivity index (χ2n) is 6.73. The molecule has 1 aliphatic rings. The van der Waals surface area contributed by atoms with Gasteiger partial charge in [-0.15, -0.1) is 0 Å². The zero-order chi connectivity index (χ0) is 19.4. The van der Waals surface area contributed by atoms with Crippen LogP contribution in [0.15, 0.2) is 0 Å². The lowest BCUT2D eigenvalue weighted by Crippen LogP contribution is -2.64. The molecule has 0 bridgehead atoms. The summed E-state index contributed by atoms with van der Waals surface area (Å²) < 4.78 is 0. The van der Waals surface area contributed by atoms with Crippen LogP contribution < -0.4 is 16.5 Å². The number of carbonyl (C=O) groups is 3. The Morgan fingerprint density at radius 1 is 0.808 bits per heavy atom. The van der Waals surface area contributed by atoms with Crippen molar-refractivity contribution in [3.8, 4) is 0 Å². The highest BCUT2D eigenvalue weighted by atomic mass is 16.4. The molecule has 0 aromatic carbocycles. The molecule has 26 heavy (non-hydrogen) atoms. The molecule has 0 aromatic rings. The lowest BCUT2D eigenvalue weighted by Gasteiger charge is -2.41. The van der Waals surface area contributed by atoms with Crippen molar-refractivity contribution >= 4 is 17.9 Å². The number of carboxylic acid groups (broad SMARTS) is 3. The number of aliphatic carboxylic acids is 3. The average molecular weight is 374 g/mol. The SMILES string of the molecule is O=C(O)CN1NNNCCCCCCCCCC1(CC(=O)O)CC(=O)O. The van der Waals surface area contributed by atoms with E-state index in [-0.39, 0.29) is 6.42 Å². The van der Waals surface area contributed by atoms with E-state index in [1.165, 1.54) is 5.01 Å². The molecule has 0 aliphatic carbocycles. The summed E-state index contributed by atoms with van der Waals surface area (Å²) in [6, 6.07) is 0. The van der Waals surface area contributed by atoms with Gasteiger partial charge in [0.2, 0.25) is 0 Å². The van der Waals surface area contributed by atoms with E-state index >= 15 is 0 Å². The van der Waals surface area contributed by atoms with Crippen molar-refractivity contribution in [3.05, 3.63) is 0 Å². The van der Waals surface area contributed by atoms with Crippen molar-refractivity contribution < 1.29 is 29.7 Å². The topological polar surface area (TPSA) is 151 Å². The lowest BCUT2D eigenvalue weighted by atomic mass is 9.84. The number of carboxylic acids is 3. The van der Waals surface area contributed by atoms with Crippen LogP contribution in [0.25, 0.3) is 0 Å². The predicted octanol–water partition coefficient (Wildman–Crippen LogP) is 0.709. The molecular weight excluding hydrogens is 344 g/mol. The minimum absolute atomic E-state index is 0.271. The third kappa shape index (κ3) is 8.56. The van der Waals surface area contributed by atoms with Gasteiger partial charge < -0.3 is 15.3 Å². The molecule has 1 saturated heterocycles. The van der Waals surface area contributed by atoms with E-state index in [1.54, 1.807) is 0 Å². The Morgan fingerprint density at radius 3 is 1.88 bits per heavy atom. The smallest absolute Gasteiger partial charge is 0.319 e. The molecule has 10 heteroatoms. The minimum atomic E-state index is -1.35. The number of hydrogen-bond acceptors (Lipinski definition) is 7. The maximum atomic E-state index is 11.4. The van der Waals surface area contributed by atoms with Gasteiger partial charge >= 0.3 is 17.9 Å². The second-order valence-corrected chi connectivity index (χ2v) is 6.73. The van der Waals surface area contributed by atoms with E-state index in [1.807, 2.05) is 0 Å². The Balaban J connectivity index is 3.05. The molecule has 0 atom stereocenters. The van der Waals surface area contributed by atoms with E-state index in [9.17, 15) is 29.7 Å². The molecule has 0 unspecified atom stereocenters. The van der Waals surface area contributed by atoms with E-state index in [0.717, 1.165) is 38.5 Å². The summed E-state index contributed by atoms with van der Waals surface area (Å²) in [5.41, 5.74) is 6.89. The summed E-state index contributed by atoms with van der Waals surface area (Å²) in [7, 11) is 0. The number of nitrogens with zero attached hydrogens (tertiary/aromatic N) is 1. The van der Waals surface area contributed by atoms with Crippen molar-refractivity contribution in [3.63, 3.8) is 0 Å². The van der Waals surface area contributed by atoms with Crippen LogP contribution in [0, 0.1) is 0 Å². The first kappa shape index (κ1) is 22.3. The molecule has 1 aliphatic heterocycles. The Hall–Kier alpha value is -1.75. The first-order valence-electron chi connectivity index (χ1n) is 9.02. The standard InChI is InChI=1S/C16H30N4O6/c21-13(22)10-16(11-14(23)24)8-6-4-2-1-3-5-7-9-17-18-19-20(16)12-15(25)26/h17-19H,1-12H2,(H,21,22)(H,23,24)(H,25,26). The first-order chi connectivity index (χ1) is 12.4. The zero-order valence-corrected chi connectivity index (χ0v) is 15.0. The van der Waals surface area contributed by atoms with E-state index < -0.39 is 42.8 Å². The van der Waals surface area contributed by atoms with Gasteiger partial charge in [0.1, 0.15) is 6.54 Å². The van der Waals surface area contributed by atoms with Crippen LogP contribution in [0.5, 0.6) is 0 Å². The minimum Gasteiger partial charge on any atom is -0.481 e. The van der Waals surface area contributed by atoms with Gasteiger partial charge in [0.25, 0.3) is 0 Å². The maximum absolute atomic E-state index is 11.4. The fourth-order valence-electron chi connectivity index (χ4n) is 3.31. The normalized spacial score (nSPS) is 20.8. The van der Waals surface area contributed by atoms with Crippen LogP contribution in [0.3, 0.4) is 0 Å². The monoisotopic (exact) mass is 374 g/mol. The first-order valence-corrected chi connectivity index (χ1v) is 9.02. The molecule has 0 saturated carbocycles. The van der Waals surface area contributed by atoms with Crippen molar-refractivity contribution in [2.45, 2.75) is 69.7 Å². The van der Waals surface area contributed by atoms with Crippen molar-refractivity contribution in [1.29, 1.82) is 0 Å². The molecule has 6 N–H and O–H groups in total. The molecule has 1 heterocycles. The second kappa shape index (κ2) is 11.8. The largest absolute Gasteiger partial charge is 0.481 e. The molecular formula is C16H30N4O6. The summed E-state index contributed by atoms with van der Waals surface area (Å²) in [6.45, 7) is 0.119. The van der Waals surface area contributed by atoms with Crippen LogP contribution >= 0.6 is 0 Å². The maximum Gasteiger partial charge on any atom is 0.319 e. The molecule has 0 radical (unpaired) electrons. The summed E-state index contributed by atoms with van der Waals surface area (Å²) in [5, 5.41) is 29.1. The highest BCUT2D eigenvalue weighted by Crippen LogP contribution is 2.30. The zero-order valence-electron chi connectivity index (χ0n) is 15.0. The Labute approximate surface area is 152 Å². The summed E-state index contributed by atoms with van der Waals surface area (Å²) in [6.07, 6.45) is 6.05. The van der Waals surface area contributed by atoms with Crippen molar-refractivity contribution in [2.75, 3.05) is 13.1 Å². The number of hydrazine groups is 3. The molecule has 1 rings (SSSR count). The molecule has 1 fully saturated rings. The number of hydrogen-bond donors (Lipinski definition) is 6. The Bertz CT molecular complexity index is 458. The highest BCUT2D eigenvalue weighted by Gasteiger charge is 2.42. The number of nitrogens with one attached hydrogen (secondary N) is 3. The third-order valence-electron chi connectivity index (χ3n) is 4.55. The summed E-state index contributed by atoms with van der Waals surface area (Å²) in [4.78, 5) is 34.1. The van der Waals surface area contributed by atoms with Gasteiger partial charge in [-0.2, -0.15) is 11.1 Å². The number of rotatable bonds is 6. The van der Waals surface area contributed by atoms with Gasteiger partial charge in [0, 0.05) is 6.54 Å². The molecule has 10 nitrogen and oxygen atoms in total. The van der Waals surface area contributed by atoms with Crippen LogP contribution in [-0.4, -0.2) is 56.9 Å². The van der Waals surface area contributed by atoms with Gasteiger partial charge in [0.05, 0.1) is 18.4 Å². The van der Waals surface area contributed by atoms with Gasteiger partial charge in [0.15, 0.2) is 0 Å². The van der Waals surface area contributed by atoms with Gasteiger partial charge in [-0.1, -0.05) is 38.5 Å². The van der Waals surface area contributed by atoms with Gasteiger partial charge in [-0.05, 0) is 12.8 Å². The average Bonchev–Trinajstić information content (AvgIpc) is 2.52. The molecule has 0 aromatic heterocycles. The van der Waals surface area contributed by atoms with E-state index in [4.69, 9.17) is 0 Å². The third-order valence-corrected chi connectivity index (χ3v) is 4.55. The summed E-state index contributed by atoms with van der Waals surface area (Å²) >= 11 is 0. The Morgan fingerprint density at radius 2 is 1.35 bits per heavy atom. The van der Waals surface area contributed by atoms with Crippen LogP contribution in [0.1, 0.15) is 64.2 Å². The molecule has 0 spiro atoms. The van der Waals surface area contributed by atoms with Crippen LogP contribution in [0.4, 0.5) is 0 Å². The van der Waals surface area contributed by atoms with E-state index in [0.29, 0.717) is 13.0 Å². The van der Waals surface area contributed by atoms with Crippen LogP contribution in [0.2, 0.25) is 0 Å². The quantitative estimate of drug-likeness (QED) is 0.392.